The molecule has 0 radical (unpaired) electrons. The number of hydrogen-bond donors (Lipinski definition) is 0. The number of hydrogen-bond acceptors (Lipinski definition) is 3. The molecule has 0 unspecified atom stereocenters. The SMILES string of the molecule is CCCOc1ccc(OCCCOc2ccccc2)cc1. The molecular formula is C18H22O3. The summed E-state index contributed by atoms with van der Waals surface area (Å²) < 4.78 is 16.8. The van der Waals surface area contributed by atoms with E-state index < -0.39 is 0 Å². The maximum atomic E-state index is 5.67. The van der Waals surface area contributed by atoms with Crippen molar-refractivity contribution in [3.8, 4) is 17.2 Å². The van der Waals surface area contributed by atoms with E-state index in [1.165, 1.54) is 0 Å². The van der Waals surface area contributed by atoms with Gasteiger partial charge in [0.15, 0.2) is 0 Å². The Balaban J connectivity index is 1.62. The molecule has 112 valence electrons. The standard InChI is InChI=1S/C18H22O3/c1-2-13-19-17-9-11-18(12-10-17)21-15-6-14-20-16-7-4-3-5-8-16/h3-5,7-12H,2,6,13-15H2,1H3. The maximum absolute atomic E-state index is 5.67. The molecule has 0 aliphatic heterocycles. The van der Waals surface area contributed by atoms with E-state index in [0.717, 1.165) is 36.7 Å². The Hall–Kier alpha value is -2.16. The monoisotopic (exact) mass is 286 g/mol. The zero-order valence-corrected chi connectivity index (χ0v) is 12.5. The molecule has 0 N–H and O–H groups in total. The van der Waals surface area contributed by atoms with Crippen molar-refractivity contribution < 1.29 is 14.2 Å². The van der Waals surface area contributed by atoms with E-state index in [-0.39, 0.29) is 0 Å². The van der Waals surface area contributed by atoms with Gasteiger partial charge in [-0.3, -0.25) is 0 Å². The lowest BCUT2D eigenvalue weighted by Gasteiger charge is -2.09. The van der Waals surface area contributed by atoms with Gasteiger partial charge in [0.2, 0.25) is 0 Å². The smallest absolute Gasteiger partial charge is 0.119 e. The number of para-hydroxylation sites is 1. The Bertz CT molecular complexity index is 494. The van der Waals surface area contributed by atoms with Gasteiger partial charge in [0.25, 0.3) is 0 Å². The first-order chi connectivity index (χ1) is 10.4. The zero-order valence-electron chi connectivity index (χ0n) is 12.5. The fourth-order valence-electron chi connectivity index (χ4n) is 1.81. The average Bonchev–Trinajstić information content (AvgIpc) is 2.55. The van der Waals surface area contributed by atoms with Crippen molar-refractivity contribution in [3.05, 3.63) is 54.6 Å². The lowest BCUT2D eigenvalue weighted by atomic mass is 10.3. The van der Waals surface area contributed by atoms with Crippen LogP contribution < -0.4 is 14.2 Å². The lowest BCUT2D eigenvalue weighted by molar-refractivity contribution is 0.247. The number of rotatable bonds is 9. The Morgan fingerprint density at radius 2 is 1.10 bits per heavy atom. The molecule has 0 fully saturated rings. The highest BCUT2D eigenvalue weighted by Crippen LogP contribution is 2.18. The topological polar surface area (TPSA) is 27.7 Å². The summed E-state index contributed by atoms with van der Waals surface area (Å²) in [5, 5.41) is 0. The van der Waals surface area contributed by atoms with E-state index in [1.807, 2.05) is 54.6 Å². The normalized spacial score (nSPS) is 10.1. The van der Waals surface area contributed by atoms with Gasteiger partial charge in [-0.1, -0.05) is 25.1 Å². The molecule has 3 heteroatoms. The molecule has 0 atom stereocenters. The summed E-state index contributed by atoms with van der Waals surface area (Å²) in [6.07, 6.45) is 1.86. The molecule has 0 amide bonds. The van der Waals surface area contributed by atoms with Crippen molar-refractivity contribution in [2.24, 2.45) is 0 Å². The summed E-state index contributed by atoms with van der Waals surface area (Å²) in [6.45, 7) is 4.13. The number of benzene rings is 2. The Morgan fingerprint density at radius 3 is 1.62 bits per heavy atom. The summed E-state index contributed by atoms with van der Waals surface area (Å²) in [6, 6.07) is 17.6. The lowest BCUT2D eigenvalue weighted by Crippen LogP contribution is -2.05. The Kier molecular flexibility index (Phi) is 6.46. The molecule has 0 heterocycles. The first-order valence-corrected chi connectivity index (χ1v) is 7.42. The minimum Gasteiger partial charge on any atom is -0.494 e. The molecule has 0 aliphatic rings. The first kappa shape index (κ1) is 15.2. The quantitative estimate of drug-likeness (QED) is 0.642. The van der Waals surface area contributed by atoms with Crippen molar-refractivity contribution in [1.82, 2.24) is 0 Å². The maximum Gasteiger partial charge on any atom is 0.119 e. The molecule has 0 spiro atoms. The second-order valence-corrected chi connectivity index (χ2v) is 4.68. The van der Waals surface area contributed by atoms with Crippen LogP contribution in [0, 0.1) is 0 Å². The zero-order chi connectivity index (χ0) is 14.8. The van der Waals surface area contributed by atoms with Gasteiger partial charge in [-0.15, -0.1) is 0 Å². The van der Waals surface area contributed by atoms with Crippen molar-refractivity contribution in [2.45, 2.75) is 19.8 Å². The van der Waals surface area contributed by atoms with E-state index in [1.54, 1.807) is 0 Å². The van der Waals surface area contributed by atoms with Crippen LogP contribution in [0.1, 0.15) is 19.8 Å². The van der Waals surface area contributed by atoms with Crippen molar-refractivity contribution >= 4 is 0 Å². The highest BCUT2D eigenvalue weighted by molar-refractivity contribution is 5.31. The third-order valence-electron chi connectivity index (χ3n) is 2.87. The summed E-state index contributed by atoms with van der Waals surface area (Å²) in [5.74, 6) is 2.64. The van der Waals surface area contributed by atoms with Crippen LogP contribution in [0.2, 0.25) is 0 Å². The van der Waals surface area contributed by atoms with Crippen LogP contribution in [0.15, 0.2) is 54.6 Å². The van der Waals surface area contributed by atoms with E-state index >= 15 is 0 Å². The highest BCUT2D eigenvalue weighted by atomic mass is 16.5. The van der Waals surface area contributed by atoms with Gasteiger partial charge in [0, 0.05) is 6.42 Å². The second kappa shape index (κ2) is 8.90. The average molecular weight is 286 g/mol. The largest absolute Gasteiger partial charge is 0.494 e. The summed E-state index contributed by atoms with van der Waals surface area (Å²) >= 11 is 0. The molecule has 0 aromatic heterocycles. The molecule has 2 aromatic carbocycles. The second-order valence-electron chi connectivity index (χ2n) is 4.68. The van der Waals surface area contributed by atoms with Gasteiger partial charge in [-0.2, -0.15) is 0 Å². The van der Waals surface area contributed by atoms with Gasteiger partial charge in [0.05, 0.1) is 19.8 Å². The highest BCUT2D eigenvalue weighted by Gasteiger charge is 1.97. The third kappa shape index (κ3) is 5.78. The van der Waals surface area contributed by atoms with Crippen LogP contribution in [-0.2, 0) is 0 Å². The summed E-state index contributed by atoms with van der Waals surface area (Å²) in [4.78, 5) is 0. The Labute approximate surface area is 126 Å². The fourth-order valence-corrected chi connectivity index (χ4v) is 1.81. The summed E-state index contributed by atoms with van der Waals surface area (Å²) in [5.41, 5.74) is 0. The van der Waals surface area contributed by atoms with Crippen LogP contribution >= 0.6 is 0 Å². The minimum atomic E-state index is 0.641. The Morgan fingerprint density at radius 1 is 0.619 bits per heavy atom. The predicted molar refractivity (Wildman–Crippen MR) is 84.3 cm³/mol. The van der Waals surface area contributed by atoms with Crippen molar-refractivity contribution in [3.63, 3.8) is 0 Å². The minimum absolute atomic E-state index is 0.641. The van der Waals surface area contributed by atoms with E-state index in [4.69, 9.17) is 14.2 Å². The van der Waals surface area contributed by atoms with Crippen LogP contribution in [-0.4, -0.2) is 19.8 Å². The molecule has 0 bridgehead atoms. The molecule has 0 saturated heterocycles. The molecule has 2 rings (SSSR count). The van der Waals surface area contributed by atoms with Gasteiger partial charge in [-0.25, -0.2) is 0 Å². The van der Waals surface area contributed by atoms with E-state index in [9.17, 15) is 0 Å². The van der Waals surface area contributed by atoms with Crippen LogP contribution in [0.3, 0.4) is 0 Å². The van der Waals surface area contributed by atoms with E-state index in [0.29, 0.717) is 13.2 Å². The molecule has 0 saturated carbocycles. The van der Waals surface area contributed by atoms with Gasteiger partial charge < -0.3 is 14.2 Å². The first-order valence-electron chi connectivity index (χ1n) is 7.42. The van der Waals surface area contributed by atoms with Gasteiger partial charge >= 0.3 is 0 Å². The van der Waals surface area contributed by atoms with Crippen molar-refractivity contribution in [1.29, 1.82) is 0 Å². The molecule has 3 nitrogen and oxygen atoms in total. The summed E-state index contributed by atoms with van der Waals surface area (Å²) in [7, 11) is 0. The van der Waals surface area contributed by atoms with Gasteiger partial charge in [0.1, 0.15) is 17.2 Å². The van der Waals surface area contributed by atoms with Gasteiger partial charge in [-0.05, 0) is 42.8 Å². The third-order valence-corrected chi connectivity index (χ3v) is 2.87. The van der Waals surface area contributed by atoms with E-state index in [2.05, 4.69) is 6.92 Å². The number of ether oxygens (including phenoxy) is 3. The van der Waals surface area contributed by atoms with Crippen LogP contribution in [0.4, 0.5) is 0 Å². The van der Waals surface area contributed by atoms with Crippen LogP contribution in [0.5, 0.6) is 17.2 Å². The fraction of sp³-hybridized carbons (Fsp3) is 0.333. The predicted octanol–water partition coefficient (Wildman–Crippen LogP) is 4.32. The molecular weight excluding hydrogens is 264 g/mol. The molecule has 2 aromatic rings. The molecule has 21 heavy (non-hydrogen) atoms. The van der Waals surface area contributed by atoms with Crippen molar-refractivity contribution in [2.75, 3.05) is 19.8 Å². The van der Waals surface area contributed by atoms with Crippen LogP contribution in [0.25, 0.3) is 0 Å². The molecule has 0 aliphatic carbocycles.